The molecule has 4 nitrogen and oxygen atoms in total. The van der Waals surface area contributed by atoms with Crippen LogP contribution in [-0.4, -0.2) is 55.2 Å². The molecule has 2 saturated heterocycles. The van der Waals surface area contributed by atoms with Crippen molar-refractivity contribution >= 4 is 41.7 Å². The fraction of sp³-hybridized carbons (Fsp3) is 0.909. The molecule has 2 N–H and O–H groups in total. The van der Waals surface area contributed by atoms with Crippen molar-refractivity contribution in [1.29, 1.82) is 0 Å². The van der Waals surface area contributed by atoms with Crippen LogP contribution >= 0.6 is 35.7 Å². The molecule has 0 aliphatic carbocycles. The van der Waals surface area contributed by atoms with E-state index in [1.165, 1.54) is 17.9 Å². The van der Waals surface area contributed by atoms with Gasteiger partial charge in [0.05, 0.1) is 0 Å². The summed E-state index contributed by atoms with van der Waals surface area (Å²) < 4.78 is 5.34. The number of aliphatic imine (C=N–C) groups is 1. The maximum absolute atomic E-state index is 5.97. The van der Waals surface area contributed by atoms with Crippen LogP contribution in [0.2, 0.25) is 0 Å². The van der Waals surface area contributed by atoms with Crippen molar-refractivity contribution in [2.75, 3.05) is 44.4 Å². The van der Waals surface area contributed by atoms with E-state index in [9.17, 15) is 0 Å². The van der Waals surface area contributed by atoms with Crippen LogP contribution in [-0.2, 0) is 4.74 Å². The van der Waals surface area contributed by atoms with Gasteiger partial charge in [0, 0.05) is 44.4 Å². The van der Waals surface area contributed by atoms with Gasteiger partial charge in [-0.05, 0) is 18.8 Å². The predicted octanol–water partition coefficient (Wildman–Crippen LogP) is 1.39. The van der Waals surface area contributed by atoms with Crippen molar-refractivity contribution < 1.29 is 4.74 Å². The lowest BCUT2D eigenvalue weighted by Gasteiger charge is -2.27. The second-order valence-electron chi connectivity index (χ2n) is 4.36. The fourth-order valence-corrected chi connectivity index (χ4v) is 2.97. The molecule has 17 heavy (non-hydrogen) atoms. The van der Waals surface area contributed by atoms with E-state index in [0.29, 0.717) is 5.92 Å². The third kappa shape index (κ3) is 5.21. The second-order valence-corrected chi connectivity index (χ2v) is 5.58. The van der Waals surface area contributed by atoms with E-state index >= 15 is 0 Å². The Kier molecular flexibility index (Phi) is 7.61. The number of halogens is 1. The van der Waals surface area contributed by atoms with Crippen molar-refractivity contribution in [3.63, 3.8) is 0 Å². The van der Waals surface area contributed by atoms with Gasteiger partial charge in [-0.1, -0.05) is 0 Å². The maximum atomic E-state index is 5.97. The first-order valence-corrected chi connectivity index (χ1v) is 7.22. The van der Waals surface area contributed by atoms with Crippen molar-refractivity contribution in [3.05, 3.63) is 0 Å². The Bertz CT molecular complexity index is 241. The van der Waals surface area contributed by atoms with Crippen LogP contribution in [0.25, 0.3) is 0 Å². The zero-order chi connectivity index (χ0) is 11.2. The summed E-state index contributed by atoms with van der Waals surface area (Å²) in [4.78, 5) is 6.66. The molecule has 0 saturated carbocycles. The molecule has 0 aromatic carbocycles. The molecule has 2 aliphatic heterocycles. The van der Waals surface area contributed by atoms with E-state index in [4.69, 9.17) is 10.5 Å². The molecule has 0 bridgehead atoms. The average Bonchev–Trinajstić information content (AvgIpc) is 2.83. The van der Waals surface area contributed by atoms with Crippen LogP contribution in [0.15, 0.2) is 4.99 Å². The summed E-state index contributed by atoms with van der Waals surface area (Å²) in [6.45, 7) is 4.78. The van der Waals surface area contributed by atoms with Crippen LogP contribution in [0.1, 0.15) is 12.8 Å². The lowest BCUT2D eigenvalue weighted by molar-refractivity contribution is 0.184. The molecule has 0 aromatic rings. The lowest BCUT2D eigenvalue weighted by Crippen LogP contribution is -2.42. The van der Waals surface area contributed by atoms with E-state index in [1.54, 1.807) is 0 Å². The molecule has 2 fully saturated rings. The van der Waals surface area contributed by atoms with Crippen LogP contribution in [0.5, 0.6) is 0 Å². The van der Waals surface area contributed by atoms with Gasteiger partial charge < -0.3 is 15.4 Å². The highest BCUT2D eigenvalue weighted by Crippen LogP contribution is 2.16. The van der Waals surface area contributed by atoms with Crippen molar-refractivity contribution in [2.24, 2.45) is 16.6 Å². The molecule has 100 valence electrons. The lowest BCUT2D eigenvalue weighted by atomic mass is 10.1. The Morgan fingerprint density at radius 1 is 1.41 bits per heavy atom. The summed E-state index contributed by atoms with van der Waals surface area (Å²) in [6.07, 6.45) is 2.30. The number of rotatable bonds is 3. The van der Waals surface area contributed by atoms with Crippen LogP contribution in [0.4, 0.5) is 0 Å². The average molecular weight is 371 g/mol. The number of nitrogens with two attached hydrogens (primary N) is 1. The van der Waals surface area contributed by atoms with Gasteiger partial charge in [-0.2, -0.15) is 11.8 Å². The quantitative estimate of drug-likeness (QED) is 0.463. The molecule has 1 unspecified atom stereocenters. The highest BCUT2D eigenvalue weighted by molar-refractivity contribution is 14.0. The number of hydrogen-bond acceptors (Lipinski definition) is 3. The SMILES string of the molecule is I.NC(=NCCC1CCOC1)N1CCSCC1. The summed E-state index contributed by atoms with van der Waals surface area (Å²) in [5.74, 6) is 3.78. The topological polar surface area (TPSA) is 50.9 Å². The molecule has 6 heteroatoms. The van der Waals surface area contributed by atoms with E-state index in [-0.39, 0.29) is 24.0 Å². The van der Waals surface area contributed by atoms with Gasteiger partial charge in [0.25, 0.3) is 0 Å². The van der Waals surface area contributed by atoms with Crippen molar-refractivity contribution in [1.82, 2.24) is 4.90 Å². The Hall–Kier alpha value is 0.310. The molecule has 2 rings (SSSR count). The second kappa shape index (κ2) is 8.42. The first kappa shape index (κ1) is 15.4. The highest BCUT2D eigenvalue weighted by atomic mass is 127. The molecule has 0 radical (unpaired) electrons. The van der Waals surface area contributed by atoms with Gasteiger partial charge in [-0.25, -0.2) is 0 Å². The van der Waals surface area contributed by atoms with Crippen LogP contribution < -0.4 is 5.73 Å². The van der Waals surface area contributed by atoms with Gasteiger partial charge in [0.1, 0.15) is 0 Å². The molecule has 0 amide bonds. The Morgan fingerprint density at radius 2 is 2.18 bits per heavy atom. The van der Waals surface area contributed by atoms with Crippen molar-refractivity contribution in [3.8, 4) is 0 Å². The van der Waals surface area contributed by atoms with Crippen molar-refractivity contribution in [2.45, 2.75) is 12.8 Å². The summed E-state index contributed by atoms with van der Waals surface area (Å²) >= 11 is 1.99. The molecule has 0 aromatic heterocycles. The minimum Gasteiger partial charge on any atom is -0.381 e. The summed E-state index contributed by atoms with van der Waals surface area (Å²) in [6, 6.07) is 0. The standard InChI is InChI=1S/C11H21N3OS.HI/c12-11(14-4-7-16-8-5-14)13-3-1-10-2-6-15-9-10;/h10H,1-9H2,(H2,12,13);1H. The summed E-state index contributed by atoms with van der Waals surface area (Å²) in [5.41, 5.74) is 5.97. The molecule has 1 atom stereocenters. The molecule has 0 spiro atoms. The molecule has 2 heterocycles. The molecule has 2 aliphatic rings. The largest absolute Gasteiger partial charge is 0.381 e. The Labute approximate surface area is 125 Å². The third-order valence-electron chi connectivity index (χ3n) is 3.17. The molecular formula is C11H22IN3OS. The zero-order valence-electron chi connectivity index (χ0n) is 10.1. The van der Waals surface area contributed by atoms with E-state index in [1.807, 2.05) is 11.8 Å². The summed E-state index contributed by atoms with van der Waals surface area (Å²) in [5, 5.41) is 0. The van der Waals surface area contributed by atoms with Gasteiger partial charge in [-0.15, -0.1) is 24.0 Å². The Morgan fingerprint density at radius 3 is 2.82 bits per heavy atom. The van der Waals surface area contributed by atoms with E-state index in [0.717, 1.165) is 45.2 Å². The monoisotopic (exact) mass is 371 g/mol. The normalized spacial score (nSPS) is 25.8. The molecular weight excluding hydrogens is 349 g/mol. The zero-order valence-corrected chi connectivity index (χ0v) is 13.3. The highest BCUT2D eigenvalue weighted by Gasteiger charge is 2.15. The smallest absolute Gasteiger partial charge is 0.191 e. The van der Waals surface area contributed by atoms with E-state index in [2.05, 4.69) is 9.89 Å². The van der Waals surface area contributed by atoms with Gasteiger partial charge in [0.2, 0.25) is 0 Å². The number of guanidine groups is 1. The predicted molar refractivity (Wildman–Crippen MR) is 84.3 cm³/mol. The number of nitrogens with zero attached hydrogens (tertiary/aromatic N) is 2. The van der Waals surface area contributed by atoms with E-state index < -0.39 is 0 Å². The number of ether oxygens (including phenoxy) is 1. The first-order chi connectivity index (χ1) is 7.86. The Balaban J connectivity index is 0.00000144. The maximum Gasteiger partial charge on any atom is 0.191 e. The van der Waals surface area contributed by atoms with Gasteiger partial charge >= 0.3 is 0 Å². The van der Waals surface area contributed by atoms with Gasteiger partial charge in [0.15, 0.2) is 5.96 Å². The summed E-state index contributed by atoms with van der Waals surface area (Å²) in [7, 11) is 0. The first-order valence-electron chi connectivity index (χ1n) is 6.06. The minimum absolute atomic E-state index is 0. The van der Waals surface area contributed by atoms with Crippen LogP contribution in [0.3, 0.4) is 0 Å². The fourth-order valence-electron chi connectivity index (χ4n) is 2.07. The number of hydrogen-bond donors (Lipinski definition) is 1. The third-order valence-corrected chi connectivity index (χ3v) is 4.11. The van der Waals surface area contributed by atoms with Crippen LogP contribution in [0, 0.1) is 5.92 Å². The number of thioether (sulfide) groups is 1. The minimum atomic E-state index is 0. The van der Waals surface area contributed by atoms with Gasteiger partial charge in [-0.3, -0.25) is 4.99 Å².